The molecule has 2 aromatic rings. The summed E-state index contributed by atoms with van der Waals surface area (Å²) in [6.45, 7) is 1.69. The van der Waals surface area contributed by atoms with E-state index in [1.54, 1.807) is 24.4 Å². The van der Waals surface area contributed by atoms with Gasteiger partial charge in [-0.05, 0) is 52.5 Å². The lowest BCUT2D eigenvalue weighted by molar-refractivity contribution is -0.118. The maximum atomic E-state index is 12.1. The van der Waals surface area contributed by atoms with Gasteiger partial charge in [-0.25, -0.2) is 9.59 Å². The van der Waals surface area contributed by atoms with Crippen molar-refractivity contribution in [1.29, 1.82) is 0 Å². The number of methoxy groups -OCH3 is 1. The average Bonchev–Trinajstić information content (AvgIpc) is 3.08. The Balaban J connectivity index is 1.97. The Morgan fingerprint density at radius 3 is 2.62 bits per heavy atom. The minimum absolute atomic E-state index is 0.251. The third-order valence-corrected chi connectivity index (χ3v) is 4.57. The van der Waals surface area contributed by atoms with Crippen LogP contribution < -0.4 is 10.1 Å². The van der Waals surface area contributed by atoms with Gasteiger partial charge in [0.05, 0.1) is 29.3 Å². The minimum atomic E-state index is -0.494. The first-order chi connectivity index (χ1) is 12.5. The van der Waals surface area contributed by atoms with Crippen LogP contribution in [0.2, 0.25) is 0 Å². The van der Waals surface area contributed by atoms with Gasteiger partial charge in [0.15, 0.2) is 6.61 Å². The molecule has 0 saturated carbocycles. The molecular weight excluding hydrogens is 426 g/mol. The van der Waals surface area contributed by atoms with Crippen molar-refractivity contribution in [3.63, 3.8) is 0 Å². The first-order valence-electron chi connectivity index (χ1n) is 7.51. The molecule has 1 heterocycles. The molecule has 0 saturated heterocycles. The van der Waals surface area contributed by atoms with Crippen LogP contribution in [0, 0.1) is 0 Å². The first-order valence-corrected chi connectivity index (χ1v) is 9.18. The van der Waals surface area contributed by atoms with Crippen molar-refractivity contribution in [2.45, 2.75) is 6.92 Å². The van der Waals surface area contributed by atoms with Crippen LogP contribution in [0.5, 0.6) is 5.75 Å². The smallest absolute Gasteiger partial charge is 0.341 e. The summed E-state index contributed by atoms with van der Waals surface area (Å²) in [5.41, 5.74) is 0.655. The second-order valence-corrected chi connectivity index (χ2v) is 6.63. The third-order valence-electron chi connectivity index (χ3n) is 3.13. The highest BCUT2D eigenvalue weighted by atomic mass is 79.9. The van der Waals surface area contributed by atoms with Crippen LogP contribution >= 0.6 is 27.3 Å². The fraction of sp³-hybridized carbons (Fsp3) is 0.235. The summed E-state index contributed by atoms with van der Waals surface area (Å²) in [5.74, 6) is -1.00. The van der Waals surface area contributed by atoms with Crippen molar-refractivity contribution < 1.29 is 28.6 Å². The molecule has 26 heavy (non-hydrogen) atoms. The molecule has 7 nitrogen and oxygen atoms in total. The van der Waals surface area contributed by atoms with Gasteiger partial charge in [0.25, 0.3) is 5.91 Å². The summed E-state index contributed by atoms with van der Waals surface area (Å²) < 4.78 is 15.5. The molecule has 1 aromatic heterocycles. The summed E-state index contributed by atoms with van der Waals surface area (Å²) in [6, 6.07) is 6.21. The number of esters is 2. The van der Waals surface area contributed by atoms with Crippen LogP contribution in [0.1, 0.15) is 27.6 Å². The summed E-state index contributed by atoms with van der Waals surface area (Å²) >= 11 is 4.50. The quantitative estimate of drug-likeness (QED) is 0.661. The van der Waals surface area contributed by atoms with E-state index >= 15 is 0 Å². The number of ether oxygens (including phenoxy) is 3. The highest BCUT2D eigenvalue weighted by Gasteiger charge is 2.17. The number of anilines is 1. The topological polar surface area (TPSA) is 90.9 Å². The fourth-order valence-electron chi connectivity index (χ4n) is 1.94. The number of rotatable bonds is 7. The molecule has 0 radical (unpaired) electrons. The van der Waals surface area contributed by atoms with E-state index in [1.807, 2.05) is 0 Å². The molecule has 9 heteroatoms. The Morgan fingerprint density at radius 2 is 1.96 bits per heavy atom. The van der Waals surface area contributed by atoms with E-state index in [-0.39, 0.29) is 13.2 Å². The van der Waals surface area contributed by atoms with Crippen molar-refractivity contribution in [3.8, 4) is 5.75 Å². The normalized spacial score (nSPS) is 10.1. The molecule has 0 aliphatic carbocycles. The predicted molar refractivity (Wildman–Crippen MR) is 99.9 cm³/mol. The van der Waals surface area contributed by atoms with Gasteiger partial charge in [-0.3, -0.25) is 4.79 Å². The van der Waals surface area contributed by atoms with Crippen LogP contribution in [0.3, 0.4) is 0 Å². The first kappa shape index (κ1) is 19.9. The summed E-state index contributed by atoms with van der Waals surface area (Å²) in [7, 11) is 1.29. The maximum Gasteiger partial charge on any atom is 0.341 e. The highest BCUT2D eigenvalue weighted by Crippen LogP contribution is 2.27. The number of thiophene rings is 1. The van der Waals surface area contributed by atoms with Gasteiger partial charge in [-0.1, -0.05) is 0 Å². The number of hydrogen-bond acceptors (Lipinski definition) is 7. The highest BCUT2D eigenvalue weighted by molar-refractivity contribution is 9.10. The monoisotopic (exact) mass is 441 g/mol. The van der Waals surface area contributed by atoms with Crippen LogP contribution in [0.4, 0.5) is 5.00 Å². The zero-order valence-corrected chi connectivity index (χ0v) is 16.4. The molecule has 0 spiro atoms. The lowest BCUT2D eigenvalue weighted by Crippen LogP contribution is -2.21. The number of carbonyl (C=O) groups excluding carboxylic acids is 3. The third kappa shape index (κ3) is 5.06. The summed E-state index contributed by atoms with van der Waals surface area (Å²) in [5, 5.41) is 4.71. The largest absolute Gasteiger partial charge is 0.483 e. The number of halogens is 1. The molecule has 0 bridgehead atoms. The van der Waals surface area contributed by atoms with E-state index in [4.69, 9.17) is 9.47 Å². The summed E-state index contributed by atoms with van der Waals surface area (Å²) in [4.78, 5) is 35.3. The Morgan fingerprint density at radius 1 is 1.19 bits per heavy atom. The summed E-state index contributed by atoms with van der Waals surface area (Å²) in [6.07, 6.45) is 0. The fourth-order valence-corrected chi connectivity index (χ4v) is 3.23. The van der Waals surface area contributed by atoms with E-state index in [2.05, 4.69) is 26.0 Å². The second kappa shape index (κ2) is 9.35. The molecule has 1 N–H and O–H groups in total. The maximum absolute atomic E-state index is 12.1. The Hall–Kier alpha value is -2.39. The van der Waals surface area contributed by atoms with Crippen LogP contribution in [0.15, 0.2) is 34.1 Å². The standard InChI is InChI=1S/C17H16BrNO6S/c1-3-24-17(22)11-6-7-26-15(11)19-14(20)9-25-13-5-4-10(8-12(13)18)16(21)23-2/h4-8H,3,9H2,1-2H3,(H,19,20). The van der Waals surface area contributed by atoms with Crippen molar-refractivity contribution in [2.75, 3.05) is 25.6 Å². The van der Waals surface area contributed by atoms with Gasteiger partial charge in [-0.15, -0.1) is 11.3 Å². The van der Waals surface area contributed by atoms with Gasteiger partial charge >= 0.3 is 11.9 Å². The van der Waals surface area contributed by atoms with E-state index in [0.717, 1.165) is 0 Å². The van der Waals surface area contributed by atoms with Crippen LogP contribution in [-0.2, 0) is 14.3 Å². The number of carbonyl (C=O) groups is 3. The van der Waals surface area contributed by atoms with Crippen molar-refractivity contribution in [1.82, 2.24) is 0 Å². The van der Waals surface area contributed by atoms with Crippen molar-refractivity contribution in [2.24, 2.45) is 0 Å². The van der Waals surface area contributed by atoms with Gasteiger partial charge in [0.1, 0.15) is 10.8 Å². The molecule has 1 amide bonds. The lowest BCUT2D eigenvalue weighted by Gasteiger charge is -2.10. The van der Waals surface area contributed by atoms with Gasteiger partial charge in [-0.2, -0.15) is 0 Å². The lowest BCUT2D eigenvalue weighted by atomic mass is 10.2. The van der Waals surface area contributed by atoms with Crippen LogP contribution in [-0.4, -0.2) is 38.2 Å². The molecule has 0 unspecified atom stereocenters. The molecule has 0 aliphatic heterocycles. The van der Waals surface area contributed by atoms with E-state index < -0.39 is 17.8 Å². The number of hydrogen-bond donors (Lipinski definition) is 1. The Labute approximate surface area is 162 Å². The number of nitrogens with one attached hydrogen (secondary N) is 1. The number of benzene rings is 1. The van der Waals surface area contributed by atoms with Gasteiger partial charge in [0, 0.05) is 0 Å². The number of amides is 1. The molecule has 0 aliphatic rings. The zero-order valence-electron chi connectivity index (χ0n) is 14.0. The minimum Gasteiger partial charge on any atom is -0.483 e. The van der Waals surface area contributed by atoms with Gasteiger partial charge in [0.2, 0.25) is 0 Å². The molecule has 138 valence electrons. The second-order valence-electron chi connectivity index (χ2n) is 4.86. The van der Waals surface area contributed by atoms with Crippen molar-refractivity contribution in [3.05, 3.63) is 45.2 Å². The van der Waals surface area contributed by atoms with E-state index in [9.17, 15) is 14.4 Å². The van der Waals surface area contributed by atoms with E-state index in [1.165, 1.54) is 30.6 Å². The van der Waals surface area contributed by atoms with Crippen LogP contribution in [0.25, 0.3) is 0 Å². The molecule has 0 fully saturated rings. The van der Waals surface area contributed by atoms with E-state index in [0.29, 0.717) is 26.4 Å². The zero-order chi connectivity index (χ0) is 19.1. The Bertz CT molecular complexity index is 819. The Kier molecular flexibility index (Phi) is 7.16. The molecular formula is C17H16BrNO6S. The SMILES string of the molecule is CCOC(=O)c1ccsc1NC(=O)COc1ccc(C(=O)OC)cc1Br. The molecule has 2 rings (SSSR count). The molecule has 0 atom stereocenters. The average molecular weight is 442 g/mol. The van der Waals surface area contributed by atoms with Crippen molar-refractivity contribution >= 4 is 50.1 Å². The van der Waals surface area contributed by atoms with Gasteiger partial charge < -0.3 is 19.5 Å². The molecule has 1 aromatic carbocycles. The predicted octanol–water partition coefficient (Wildman–Crippen LogP) is 3.49.